The molecule has 0 aliphatic carbocycles. The number of hydrogen-bond donors (Lipinski definition) is 1. The van der Waals surface area contributed by atoms with Crippen LogP contribution in [0.2, 0.25) is 0 Å². The highest BCUT2D eigenvalue weighted by molar-refractivity contribution is 5.99. The van der Waals surface area contributed by atoms with E-state index in [0.29, 0.717) is 5.56 Å². The van der Waals surface area contributed by atoms with Crippen molar-refractivity contribution < 1.29 is 27.5 Å². The molecule has 120 valence electrons. The summed E-state index contributed by atoms with van der Waals surface area (Å²) in [6.07, 6.45) is -3.94. The molecule has 0 aliphatic heterocycles. The maximum atomic E-state index is 12.3. The van der Waals surface area contributed by atoms with E-state index < -0.39 is 23.7 Å². The van der Waals surface area contributed by atoms with Crippen LogP contribution in [-0.4, -0.2) is 25.2 Å². The zero-order chi connectivity index (χ0) is 17.1. The third kappa shape index (κ3) is 4.34. The van der Waals surface area contributed by atoms with Crippen molar-refractivity contribution in [2.45, 2.75) is 26.9 Å². The third-order valence-electron chi connectivity index (χ3n) is 3.17. The quantitative estimate of drug-likeness (QED) is 0.689. The van der Waals surface area contributed by atoms with Crippen LogP contribution >= 0.6 is 0 Å². The molecule has 0 radical (unpaired) electrons. The van der Waals surface area contributed by atoms with Crippen molar-refractivity contribution in [3.63, 3.8) is 0 Å². The zero-order valence-corrected chi connectivity index (χ0v) is 12.6. The molecule has 0 aromatic heterocycles. The Kier molecular flexibility index (Phi) is 5.35. The minimum Gasteiger partial charge on any atom is -0.464 e. The molecule has 1 aromatic carbocycles. The lowest BCUT2D eigenvalue weighted by atomic mass is 10.00. The van der Waals surface area contributed by atoms with Gasteiger partial charge in [0.15, 0.2) is 0 Å². The normalized spacial score (nSPS) is 12.0. The first kappa shape index (κ1) is 17.7. The average Bonchev–Trinajstić information content (AvgIpc) is 2.41. The first-order chi connectivity index (χ1) is 10.1. The number of esters is 1. The standard InChI is InChI=1S/C15H16F3NO3/c1-8-5-11(6-9(2)10(8)3)7-12(13(20)22-4)19-14(21)15(16,17)18/h5-7H,1-4H3,(H,19,21)/b12-7-. The summed E-state index contributed by atoms with van der Waals surface area (Å²) in [6, 6.07) is 3.40. The molecule has 0 saturated heterocycles. The number of rotatable bonds is 3. The van der Waals surface area contributed by atoms with Gasteiger partial charge < -0.3 is 10.1 Å². The van der Waals surface area contributed by atoms with E-state index in [-0.39, 0.29) is 0 Å². The zero-order valence-electron chi connectivity index (χ0n) is 12.6. The number of benzene rings is 1. The maximum absolute atomic E-state index is 12.3. The molecule has 0 fully saturated rings. The predicted molar refractivity (Wildman–Crippen MR) is 74.8 cm³/mol. The lowest BCUT2D eigenvalue weighted by Crippen LogP contribution is -2.38. The minimum absolute atomic E-state index is 0.489. The van der Waals surface area contributed by atoms with Crippen LogP contribution in [0.25, 0.3) is 6.08 Å². The number of methoxy groups -OCH3 is 1. The lowest BCUT2D eigenvalue weighted by Gasteiger charge is -2.11. The van der Waals surface area contributed by atoms with Crippen LogP contribution in [0.1, 0.15) is 22.3 Å². The Morgan fingerprint density at radius 2 is 1.64 bits per heavy atom. The molecule has 0 saturated carbocycles. The number of alkyl halides is 3. The molecule has 0 bridgehead atoms. The highest BCUT2D eigenvalue weighted by Gasteiger charge is 2.39. The molecular weight excluding hydrogens is 299 g/mol. The van der Waals surface area contributed by atoms with Crippen LogP contribution in [-0.2, 0) is 14.3 Å². The summed E-state index contributed by atoms with van der Waals surface area (Å²) in [4.78, 5) is 22.5. The number of ether oxygens (including phenoxy) is 1. The number of aryl methyl sites for hydroxylation is 2. The topological polar surface area (TPSA) is 55.4 Å². The van der Waals surface area contributed by atoms with Crippen molar-refractivity contribution in [2.75, 3.05) is 7.11 Å². The summed E-state index contributed by atoms with van der Waals surface area (Å²) in [7, 11) is 1.02. The van der Waals surface area contributed by atoms with Gasteiger partial charge in [0.2, 0.25) is 0 Å². The van der Waals surface area contributed by atoms with Crippen LogP contribution in [0, 0.1) is 20.8 Å². The lowest BCUT2D eigenvalue weighted by molar-refractivity contribution is -0.173. The molecule has 7 heteroatoms. The van der Waals surface area contributed by atoms with Gasteiger partial charge in [-0.1, -0.05) is 12.1 Å². The number of carbonyl (C=O) groups excluding carboxylic acids is 2. The summed E-state index contributed by atoms with van der Waals surface area (Å²) in [5, 5.41) is 1.53. The highest BCUT2D eigenvalue weighted by atomic mass is 19.4. The van der Waals surface area contributed by atoms with Gasteiger partial charge in [0.25, 0.3) is 0 Å². The fourth-order valence-electron chi connectivity index (χ4n) is 1.77. The summed E-state index contributed by atoms with van der Waals surface area (Å²) in [5.41, 5.74) is 2.78. The van der Waals surface area contributed by atoms with Crippen LogP contribution in [0.3, 0.4) is 0 Å². The van der Waals surface area contributed by atoms with E-state index in [9.17, 15) is 22.8 Å². The van der Waals surface area contributed by atoms with E-state index in [4.69, 9.17) is 0 Å². The summed E-state index contributed by atoms with van der Waals surface area (Å²) in [5.74, 6) is -3.29. The van der Waals surface area contributed by atoms with Gasteiger partial charge in [0.1, 0.15) is 5.70 Å². The van der Waals surface area contributed by atoms with Gasteiger partial charge in [0, 0.05) is 0 Å². The molecule has 0 unspecified atom stereocenters. The van der Waals surface area contributed by atoms with Crippen LogP contribution in [0.4, 0.5) is 13.2 Å². The summed E-state index contributed by atoms with van der Waals surface area (Å²) >= 11 is 0. The van der Waals surface area contributed by atoms with Crippen molar-refractivity contribution >= 4 is 18.0 Å². The molecule has 0 aliphatic rings. The predicted octanol–water partition coefficient (Wildman–Crippen LogP) is 2.80. The summed E-state index contributed by atoms with van der Waals surface area (Å²) in [6.45, 7) is 5.59. The van der Waals surface area contributed by atoms with E-state index in [1.54, 1.807) is 12.1 Å². The van der Waals surface area contributed by atoms with Gasteiger partial charge >= 0.3 is 18.1 Å². The first-order valence-electron chi connectivity index (χ1n) is 6.32. The molecule has 0 heterocycles. The number of hydrogen-bond acceptors (Lipinski definition) is 3. The van der Waals surface area contributed by atoms with E-state index in [0.717, 1.165) is 29.9 Å². The molecule has 0 atom stereocenters. The van der Waals surface area contributed by atoms with E-state index in [1.807, 2.05) is 20.8 Å². The number of halogens is 3. The van der Waals surface area contributed by atoms with Gasteiger partial charge in [-0.05, 0) is 49.1 Å². The Morgan fingerprint density at radius 3 is 2.05 bits per heavy atom. The van der Waals surface area contributed by atoms with Crippen molar-refractivity contribution in [3.05, 3.63) is 40.1 Å². The van der Waals surface area contributed by atoms with Crippen molar-refractivity contribution in [1.29, 1.82) is 0 Å². The van der Waals surface area contributed by atoms with Gasteiger partial charge in [-0.15, -0.1) is 0 Å². The van der Waals surface area contributed by atoms with Gasteiger partial charge in [-0.2, -0.15) is 13.2 Å². The number of carbonyl (C=O) groups is 2. The fraction of sp³-hybridized carbons (Fsp3) is 0.333. The smallest absolute Gasteiger partial charge is 0.464 e. The Labute approximate surface area is 126 Å². The minimum atomic E-state index is -5.09. The van der Waals surface area contributed by atoms with Gasteiger partial charge in [0.05, 0.1) is 7.11 Å². The van der Waals surface area contributed by atoms with Crippen LogP contribution in [0.5, 0.6) is 0 Å². The molecule has 22 heavy (non-hydrogen) atoms. The third-order valence-corrected chi connectivity index (χ3v) is 3.17. The second kappa shape index (κ2) is 6.64. The molecular formula is C15H16F3NO3. The van der Waals surface area contributed by atoms with E-state index in [2.05, 4.69) is 4.74 Å². The SMILES string of the molecule is COC(=O)/C(=C/c1cc(C)c(C)c(C)c1)NC(=O)C(F)(F)F. The average molecular weight is 315 g/mol. The summed E-state index contributed by atoms with van der Waals surface area (Å²) < 4.78 is 41.3. The van der Waals surface area contributed by atoms with Crippen LogP contribution in [0.15, 0.2) is 17.8 Å². The molecule has 1 aromatic rings. The Morgan fingerprint density at radius 1 is 1.14 bits per heavy atom. The van der Waals surface area contributed by atoms with E-state index >= 15 is 0 Å². The number of nitrogens with one attached hydrogen (secondary N) is 1. The second-order valence-electron chi connectivity index (χ2n) is 4.78. The van der Waals surface area contributed by atoms with Gasteiger partial charge in [-0.25, -0.2) is 4.79 Å². The maximum Gasteiger partial charge on any atom is 0.471 e. The molecule has 1 N–H and O–H groups in total. The first-order valence-corrected chi connectivity index (χ1v) is 6.32. The van der Waals surface area contributed by atoms with Crippen LogP contribution < -0.4 is 5.32 Å². The van der Waals surface area contributed by atoms with Crippen molar-refractivity contribution in [2.24, 2.45) is 0 Å². The molecule has 1 amide bonds. The van der Waals surface area contributed by atoms with Crippen molar-refractivity contribution in [3.8, 4) is 0 Å². The van der Waals surface area contributed by atoms with Gasteiger partial charge in [-0.3, -0.25) is 4.79 Å². The number of amides is 1. The van der Waals surface area contributed by atoms with E-state index in [1.165, 1.54) is 5.32 Å². The Hall–Kier alpha value is -2.31. The Balaban J connectivity index is 3.23. The van der Waals surface area contributed by atoms with Crippen molar-refractivity contribution in [1.82, 2.24) is 5.32 Å². The molecule has 0 spiro atoms. The highest BCUT2D eigenvalue weighted by Crippen LogP contribution is 2.19. The molecule has 4 nitrogen and oxygen atoms in total. The largest absolute Gasteiger partial charge is 0.471 e. The fourth-order valence-corrected chi connectivity index (χ4v) is 1.77. The second-order valence-corrected chi connectivity index (χ2v) is 4.78. The molecule has 1 rings (SSSR count). The monoisotopic (exact) mass is 315 g/mol. The Bertz CT molecular complexity index is 610.